The van der Waals surface area contributed by atoms with E-state index in [9.17, 15) is 10.1 Å². The molecule has 2 aliphatic rings. The Labute approximate surface area is 226 Å². The number of aromatic nitrogens is 2. The molecule has 196 valence electrons. The molecule has 2 saturated heterocycles. The third-order valence-electron chi connectivity index (χ3n) is 7.03. The highest BCUT2D eigenvalue weighted by molar-refractivity contribution is 7.81. The minimum absolute atomic E-state index is 0.0979. The van der Waals surface area contributed by atoms with Gasteiger partial charge < -0.3 is 14.4 Å². The average Bonchev–Trinajstić information content (AvgIpc) is 3.07. The number of nitrogens with zero attached hydrogens (tertiary/aromatic N) is 5. The van der Waals surface area contributed by atoms with Crippen LogP contribution in [-0.4, -0.2) is 45.8 Å². The number of fused-ring (bicyclic) bond motifs is 1. The Bertz CT molecular complexity index is 1500. The standard InChI is InChI=1S/C28H28FN5O3S/c1-5-23-31-24-21(25(32-23)37-20-8-10-36-11-9-20)13-19(14-22(24)29)34-27(38)33(26(35)28(34,3)4)18-7-6-17(15-30)16(2)12-18/h6-7,12-14,20H,5,8-11H2,1-4H3. The van der Waals surface area contributed by atoms with Crippen molar-refractivity contribution in [3.63, 3.8) is 0 Å². The van der Waals surface area contributed by atoms with Gasteiger partial charge in [-0.1, -0.05) is 6.92 Å². The average molecular weight is 534 g/mol. The molecule has 10 heteroatoms. The number of anilines is 2. The lowest BCUT2D eigenvalue weighted by Gasteiger charge is -2.30. The van der Waals surface area contributed by atoms with Crippen molar-refractivity contribution in [3.05, 3.63) is 53.1 Å². The van der Waals surface area contributed by atoms with Crippen LogP contribution in [-0.2, 0) is 16.0 Å². The van der Waals surface area contributed by atoms with E-state index in [1.807, 2.05) is 6.92 Å². The minimum atomic E-state index is -1.11. The van der Waals surface area contributed by atoms with Gasteiger partial charge in [0.25, 0.3) is 5.91 Å². The fraction of sp³-hybridized carbons (Fsp3) is 0.393. The molecule has 2 fully saturated rings. The zero-order valence-corrected chi connectivity index (χ0v) is 22.6. The first-order chi connectivity index (χ1) is 18.1. The second kappa shape index (κ2) is 9.89. The number of rotatable bonds is 5. The summed E-state index contributed by atoms with van der Waals surface area (Å²) in [4.78, 5) is 25.7. The number of thiocarbonyl (C=S) groups is 1. The molecule has 0 radical (unpaired) electrons. The molecule has 2 aromatic carbocycles. The largest absolute Gasteiger partial charge is 0.474 e. The number of carbonyl (C=O) groups excluding carboxylic acids is 1. The number of benzene rings is 2. The third kappa shape index (κ3) is 4.36. The zero-order chi connectivity index (χ0) is 27.2. The summed E-state index contributed by atoms with van der Waals surface area (Å²) in [5, 5.41) is 9.93. The van der Waals surface area contributed by atoms with Crippen LogP contribution in [0.15, 0.2) is 30.3 Å². The Morgan fingerprint density at radius 2 is 1.95 bits per heavy atom. The fourth-order valence-corrected chi connectivity index (χ4v) is 5.41. The Morgan fingerprint density at radius 3 is 2.61 bits per heavy atom. The topological polar surface area (TPSA) is 91.6 Å². The molecule has 8 nitrogen and oxygen atoms in total. The Morgan fingerprint density at radius 1 is 1.21 bits per heavy atom. The van der Waals surface area contributed by atoms with E-state index in [2.05, 4.69) is 16.0 Å². The first-order valence-electron chi connectivity index (χ1n) is 12.6. The Hall–Kier alpha value is -3.68. The molecule has 0 saturated carbocycles. The maximum absolute atomic E-state index is 15.6. The lowest BCUT2D eigenvalue weighted by Crippen LogP contribution is -2.44. The van der Waals surface area contributed by atoms with Gasteiger partial charge in [0, 0.05) is 24.9 Å². The molecule has 0 unspecified atom stereocenters. The van der Waals surface area contributed by atoms with Gasteiger partial charge in [-0.3, -0.25) is 9.69 Å². The molecule has 0 atom stereocenters. The van der Waals surface area contributed by atoms with Crippen molar-refractivity contribution in [2.24, 2.45) is 0 Å². The van der Waals surface area contributed by atoms with Crippen molar-refractivity contribution in [2.75, 3.05) is 23.0 Å². The quantitative estimate of drug-likeness (QED) is 0.424. The van der Waals surface area contributed by atoms with Gasteiger partial charge in [-0.05, 0) is 68.9 Å². The van der Waals surface area contributed by atoms with Gasteiger partial charge in [0.2, 0.25) is 5.88 Å². The highest BCUT2D eigenvalue weighted by atomic mass is 32.1. The van der Waals surface area contributed by atoms with Crippen LogP contribution < -0.4 is 14.5 Å². The smallest absolute Gasteiger partial charge is 0.259 e. The van der Waals surface area contributed by atoms with E-state index in [4.69, 9.17) is 21.7 Å². The lowest BCUT2D eigenvalue weighted by atomic mass is 10.0. The molecule has 0 aliphatic carbocycles. The van der Waals surface area contributed by atoms with E-state index in [1.165, 1.54) is 11.0 Å². The van der Waals surface area contributed by atoms with E-state index in [1.54, 1.807) is 49.9 Å². The van der Waals surface area contributed by atoms with Gasteiger partial charge >= 0.3 is 0 Å². The van der Waals surface area contributed by atoms with Crippen molar-refractivity contribution in [2.45, 2.75) is 58.6 Å². The summed E-state index contributed by atoms with van der Waals surface area (Å²) in [6.07, 6.45) is 1.86. The summed E-state index contributed by atoms with van der Waals surface area (Å²) in [5.74, 6) is -0.0115. The maximum Gasteiger partial charge on any atom is 0.259 e. The van der Waals surface area contributed by atoms with E-state index < -0.39 is 11.4 Å². The molecule has 3 aromatic rings. The number of amides is 1. The monoisotopic (exact) mass is 533 g/mol. The normalized spacial score (nSPS) is 17.8. The van der Waals surface area contributed by atoms with Gasteiger partial charge in [0.05, 0.1) is 35.9 Å². The summed E-state index contributed by atoms with van der Waals surface area (Å²) in [7, 11) is 0. The van der Waals surface area contributed by atoms with Crippen molar-refractivity contribution < 1.29 is 18.7 Å². The zero-order valence-electron chi connectivity index (χ0n) is 21.7. The predicted molar refractivity (Wildman–Crippen MR) is 146 cm³/mol. The van der Waals surface area contributed by atoms with Crippen molar-refractivity contribution in [1.29, 1.82) is 5.26 Å². The van der Waals surface area contributed by atoms with Crippen LogP contribution in [0.3, 0.4) is 0 Å². The highest BCUT2D eigenvalue weighted by Crippen LogP contribution is 2.39. The van der Waals surface area contributed by atoms with Crippen LogP contribution in [0.25, 0.3) is 10.9 Å². The minimum Gasteiger partial charge on any atom is -0.474 e. The van der Waals surface area contributed by atoms with Gasteiger partial charge in [0.1, 0.15) is 23.0 Å². The summed E-state index contributed by atoms with van der Waals surface area (Å²) in [6.45, 7) is 8.39. The summed E-state index contributed by atoms with van der Waals surface area (Å²) < 4.78 is 27.3. The Kier molecular flexibility index (Phi) is 6.75. The molecule has 0 bridgehead atoms. The fourth-order valence-electron chi connectivity index (χ4n) is 4.89. The van der Waals surface area contributed by atoms with Crippen LogP contribution in [0.1, 0.15) is 50.6 Å². The number of nitriles is 1. The highest BCUT2D eigenvalue weighted by Gasteiger charge is 2.50. The number of hydrogen-bond donors (Lipinski definition) is 0. The third-order valence-corrected chi connectivity index (χ3v) is 7.39. The van der Waals surface area contributed by atoms with Crippen molar-refractivity contribution >= 4 is 45.5 Å². The lowest BCUT2D eigenvalue weighted by molar-refractivity contribution is -0.120. The summed E-state index contributed by atoms with van der Waals surface area (Å²) >= 11 is 5.79. The van der Waals surface area contributed by atoms with Gasteiger partial charge in [-0.15, -0.1) is 0 Å². The molecule has 38 heavy (non-hydrogen) atoms. The molecular formula is C28H28FN5O3S. The SMILES string of the molecule is CCc1nc(OC2CCOCC2)c2cc(N3C(=S)N(c4ccc(C#N)c(C)c4)C(=O)C3(C)C)cc(F)c2n1. The number of carbonyl (C=O) groups is 1. The predicted octanol–water partition coefficient (Wildman–Crippen LogP) is 4.99. The summed E-state index contributed by atoms with van der Waals surface area (Å²) in [5.41, 5.74) is 1.25. The molecule has 2 aliphatic heterocycles. The summed E-state index contributed by atoms with van der Waals surface area (Å²) in [6, 6.07) is 10.3. The van der Waals surface area contributed by atoms with Crippen molar-refractivity contribution in [1.82, 2.24) is 9.97 Å². The van der Waals surface area contributed by atoms with Gasteiger partial charge in [-0.2, -0.15) is 10.2 Å². The molecule has 5 rings (SSSR count). The molecule has 1 amide bonds. The number of hydrogen-bond acceptors (Lipinski definition) is 7. The van der Waals surface area contributed by atoms with E-state index >= 15 is 4.39 Å². The van der Waals surface area contributed by atoms with Crippen LogP contribution in [0, 0.1) is 24.1 Å². The van der Waals surface area contributed by atoms with Crippen LogP contribution in [0.4, 0.5) is 15.8 Å². The van der Waals surface area contributed by atoms with Crippen LogP contribution in [0.5, 0.6) is 5.88 Å². The molecular weight excluding hydrogens is 505 g/mol. The number of aryl methyl sites for hydroxylation is 2. The second-order valence-corrected chi connectivity index (χ2v) is 10.3. The molecule has 0 spiro atoms. The maximum atomic E-state index is 15.6. The Balaban J connectivity index is 1.60. The van der Waals surface area contributed by atoms with Gasteiger partial charge in [0.15, 0.2) is 10.9 Å². The van der Waals surface area contributed by atoms with Crippen LogP contribution >= 0.6 is 12.2 Å². The van der Waals surface area contributed by atoms with Crippen molar-refractivity contribution in [3.8, 4) is 11.9 Å². The van der Waals surface area contributed by atoms with E-state index in [0.717, 1.165) is 5.56 Å². The van der Waals surface area contributed by atoms with Gasteiger partial charge in [-0.25, -0.2) is 9.37 Å². The number of ether oxygens (including phenoxy) is 2. The van der Waals surface area contributed by atoms with E-state index in [0.29, 0.717) is 66.5 Å². The second-order valence-electron chi connectivity index (χ2n) is 9.98. The molecule has 0 N–H and O–H groups in total. The van der Waals surface area contributed by atoms with Crippen LogP contribution in [0.2, 0.25) is 0 Å². The molecule has 3 heterocycles. The molecule has 1 aromatic heterocycles. The van der Waals surface area contributed by atoms with E-state index in [-0.39, 0.29) is 22.6 Å². The number of halogens is 1. The first-order valence-corrected chi connectivity index (χ1v) is 13.0. The first kappa shape index (κ1) is 25.9.